The van der Waals surface area contributed by atoms with Gasteiger partial charge in [-0.2, -0.15) is 0 Å². The van der Waals surface area contributed by atoms with Crippen LogP contribution < -0.4 is 5.56 Å². The summed E-state index contributed by atoms with van der Waals surface area (Å²) in [6.07, 6.45) is 1.25. The zero-order valence-corrected chi connectivity index (χ0v) is 12.0. The van der Waals surface area contributed by atoms with E-state index in [1.54, 1.807) is 6.07 Å². The van der Waals surface area contributed by atoms with Gasteiger partial charge in [0.2, 0.25) is 0 Å². The SMILES string of the molecule is CC.CCC.Cc1cc(=O)n(-c2ccccc2)[nH]1. The third-order valence-corrected chi connectivity index (χ3v) is 1.86. The third kappa shape index (κ3) is 5.04. The molecule has 2 rings (SSSR count). The van der Waals surface area contributed by atoms with Crippen LogP contribution in [0.5, 0.6) is 0 Å². The summed E-state index contributed by atoms with van der Waals surface area (Å²) in [5.41, 5.74) is 1.71. The van der Waals surface area contributed by atoms with Crippen LogP contribution in [0.3, 0.4) is 0 Å². The molecule has 0 amide bonds. The van der Waals surface area contributed by atoms with Crippen molar-refractivity contribution in [1.29, 1.82) is 0 Å². The number of aromatic nitrogens is 2. The highest BCUT2D eigenvalue weighted by molar-refractivity contribution is 5.30. The number of H-pyrrole nitrogens is 1. The normalized spacial score (nSPS) is 8.72. The van der Waals surface area contributed by atoms with Gasteiger partial charge in [-0.15, -0.1) is 0 Å². The average molecular weight is 248 g/mol. The van der Waals surface area contributed by atoms with E-state index in [1.165, 1.54) is 11.1 Å². The number of nitrogens with zero attached hydrogens (tertiary/aromatic N) is 1. The minimum absolute atomic E-state index is 0.0244. The highest BCUT2D eigenvalue weighted by Crippen LogP contribution is 2.02. The second-order valence-electron chi connectivity index (χ2n) is 3.66. The molecule has 0 aliphatic heterocycles. The molecule has 0 saturated carbocycles. The Bertz CT molecular complexity index is 469. The highest BCUT2D eigenvalue weighted by atomic mass is 16.1. The monoisotopic (exact) mass is 248 g/mol. The lowest BCUT2D eigenvalue weighted by Crippen LogP contribution is -2.12. The highest BCUT2D eigenvalue weighted by Gasteiger charge is 1.99. The molecule has 2 aromatic rings. The molecule has 0 atom stereocenters. The van der Waals surface area contributed by atoms with Crippen molar-refractivity contribution in [2.75, 3.05) is 0 Å². The van der Waals surface area contributed by atoms with Crippen LogP contribution >= 0.6 is 0 Å². The first-order chi connectivity index (χ1) is 8.69. The number of nitrogens with one attached hydrogen (secondary N) is 1. The van der Waals surface area contributed by atoms with Crippen molar-refractivity contribution in [2.24, 2.45) is 0 Å². The van der Waals surface area contributed by atoms with E-state index in [1.807, 2.05) is 51.1 Å². The fourth-order valence-corrected chi connectivity index (χ4v) is 1.28. The van der Waals surface area contributed by atoms with Gasteiger partial charge in [-0.3, -0.25) is 9.89 Å². The summed E-state index contributed by atoms with van der Waals surface area (Å²) in [4.78, 5) is 11.4. The maximum absolute atomic E-state index is 11.4. The number of rotatable bonds is 1. The Morgan fingerprint density at radius 1 is 1.11 bits per heavy atom. The second kappa shape index (κ2) is 9.28. The molecule has 0 fully saturated rings. The van der Waals surface area contributed by atoms with Crippen molar-refractivity contribution >= 4 is 0 Å². The van der Waals surface area contributed by atoms with Crippen LogP contribution in [0.4, 0.5) is 0 Å². The summed E-state index contributed by atoms with van der Waals surface area (Å²) in [6.45, 7) is 10.1. The van der Waals surface area contributed by atoms with Gasteiger partial charge in [0.1, 0.15) is 0 Å². The van der Waals surface area contributed by atoms with E-state index in [9.17, 15) is 4.79 Å². The standard InChI is InChI=1S/C10H10N2O.C3H8.C2H6/c1-8-7-10(13)12(11-8)9-5-3-2-4-6-9;1-3-2;1-2/h2-7,11H,1H3;3H2,1-2H3;1-2H3. The number of aromatic amines is 1. The molecule has 100 valence electrons. The summed E-state index contributed by atoms with van der Waals surface area (Å²) in [5, 5.41) is 2.96. The summed E-state index contributed by atoms with van der Waals surface area (Å²) in [5.74, 6) is 0. The topological polar surface area (TPSA) is 37.8 Å². The summed E-state index contributed by atoms with van der Waals surface area (Å²) >= 11 is 0. The summed E-state index contributed by atoms with van der Waals surface area (Å²) in [7, 11) is 0. The summed E-state index contributed by atoms with van der Waals surface area (Å²) < 4.78 is 1.52. The Labute approximate surface area is 109 Å². The molecule has 0 saturated heterocycles. The molecule has 18 heavy (non-hydrogen) atoms. The van der Waals surface area contributed by atoms with Crippen LogP contribution in [0.15, 0.2) is 41.2 Å². The maximum atomic E-state index is 11.4. The van der Waals surface area contributed by atoms with Gasteiger partial charge in [0, 0.05) is 11.8 Å². The van der Waals surface area contributed by atoms with Gasteiger partial charge in [-0.25, -0.2) is 4.68 Å². The van der Waals surface area contributed by atoms with E-state index in [-0.39, 0.29) is 5.56 Å². The molecule has 1 N–H and O–H groups in total. The van der Waals surface area contributed by atoms with Gasteiger partial charge >= 0.3 is 0 Å². The molecule has 3 heteroatoms. The van der Waals surface area contributed by atoms with Gasteiger partial charge in [-0.1, -0.05) is 52.3 Å². The van der Waals surface area contributed by atoms with Gasteiger partial charge in [0.05, 0.1) is 5.69 Å². The predicted octanol–water partition coefficient (Wildman–Crippen LogP) is 3.92. The zero-order valence-electron chi connectivity index (χ0n) is 12.0. The van der Waals surface area contributed by atoms with Crippen molar-refractivity contribution in [3.05, 3.63) is 52.4 Å². The minimum Gasteiger partial charge on any atom is -0.295 e. The zero-order chi connectivity index (χ0) is 14.0. The Kier molecular flexibility index (Phi) is 8.37. The first-order valence-corrected chi connectivity index (χ1v) is 6.53. The number of para-hydroxylation sites is 1. The van der Waals surface area contributed by atoms with Gasteiger partial charge in [0.15, 0.2) is 0 Å². The number of hydrogen-bond acceptors (Lipinski definition) is 1. The Morgan fingerprint density at radius 2 is 1.61 bits per heavy atom. The van der Waals surface area contributed by atoms with Gasteiger partial charge < -0.3 is 0 Å². The Balaban J connectivity index is 0.000000509. The molecule has 1 heterocycles. The van der Waals surface area contributed by atoms with Crippen molar-refractivity contribution in [3.8, 4) is 5.69 Å². The van der Waals surface area contributed by atoms with Crippen LogP contribution in [0.2, 0.25) is 0 Å². The van der Waals surface area contributed by atoms with Crippen molar-refractivity contribution in [1.82, 2.24) is 9.78 Å². The van der Waals surface area contributed by atoms with Crippen LogP contribution in [0, 0.1) is 6.92 Å². The molecule has 0 radical (unpaired) electrons. The first kappa shape index (κ1) is 16.2. The van der Waals surface area contributed by atoms with E-state index >= 15 is 0 Å². The fraction of sp³-hybridized carbons (Fsp3) is 0.400. The fourth-order valence-electron chi connectivity index (χ4n) is 1.28. The number of benzene rings is 1. The van der Waals surface area contributed by atoms with Crippen LogP contribution in [-0.2, 0) is 0 Å². The molecule has 0 aliphatic rings. The van der Waals surface area contributed by atoms with Crippen LogP contribution in [0.1, 0.15) is 39.8 Å². The first-order valence-electron chi connectivity index (χ1n) is 6.53. The van der Waals surface area contributed by atoms with Crippen LogP contribution in [0.25, 0.3) is 5.69 Å². The molecule has 1 aromatic carbocycles. The van der Waals surface area contributed by atoms with Crippen molar-refractivity contribution in [3.63, 3.8) is 0 Å². The molecule has 1 aromatic heterocycles. The predicted molar refractivity (Wildman–Crippen MR) is 78.4 cm³/mol. The van der Waals surface area contributed by atoms with E-state index in [2.05, 4.69) is 18.9 Å². The Hall–Kier alpha value is -1.77. The lowest BCUT2D eigenvalue weighted by atomic mass is 10.3. The Morgan fingerprint density at radius 3 is 2.00 bits per heavy atom. The molecule has 3 nitrogen and oxygen atoms in total. The smallest absolute Gasteiger partial charge is 0.271 e. The van der Waals surface area contributed by atoms with Gasteiger partial charge in [0.25, 0.3) is 5.56 Å². The van der Waals surface area contributed by atoms with E-state index < -0.39 is 0 Å². The van der Waals surface area contributed by atoms with Crippen molar-refractivity contribution in [2.45, 2.75) is 41.0 Å². The molecule has 0 spiro atoms. The number of aryl methyl sites for hydroxylation is 1. The third-order valence-electron chi connectivity index (χ3n) is 1.86. The van der Waals surface area contributed by atoms with Crippen molar-refractivity contribution < 1.29 is 0 Å². The molecule has 0 unspecified atom stereocenters. The molecular weight excluding hydrogens is 224 g/mol. The summed E-state index contributed by atoms with van der Waals surface area (Å²) in [6, 6.07) is 11.1. The molecule has 0 aliphatic carbocycles. The van der Waals surface area contributed by atoms with Gasteiger partial charge in [-0.05, 0) is 19.1 Å². The molecule has 0 bridgehead atoms. The largest absolute Gasteiger partial charge is 0.295 e. The average Bonchev–Trinajstić information content (AvgIpc) is 2.73. The number of hydrogen-bond donors (Lipinski definition) is 1. The van der Waals surface area contributed by atoms with E-state index in [0.29, 0.717) is 0 Å². The maximum Gasteiger partial charge on any atom is 0.271 e. The quantitative estimate of drug-likeness (QED) is 0.816. The van der Waals surface area contributed by atoms with Crippen LogP contribution in [-0.4, -0.2) is 9.78 Å². The van der Waals surface area contributed by atoms with E-state index in [0.717, 1.165) is 11.4 Å². The minimum atomic E-state index is -0.0244. The van der Waals surface area contributed by atoms with E-state index in [4.69, 9.17) is 0 Å². The second-order valence-corrected chi connectivity index (χ2v) is 3.66. The lowest BCUT2D eigenvalue weighted by Gasteiger charge is -1.99. The molecular formula is C15H24N2O. The lowest BCUT2D eigenvalue weighted by molar-refractivity contribution is 0.835.